The Kier molecular flexibility index (Phi) is 6.11. The van der Waals surface area contributed by atoms with Gasteiger partial charge in [0.1, 0.15) is 12.4 Å². The van der Waals surface area contributed by atoms with Gasteiger partial charge in [-0.25, -0.2) is 0 Å². The molecule has 0 unspecified atom stereocenters. The van der Waals surface area contributed by atoms with E-state index in [0.29, 0.717) is 29.3 Å². The predicted octanol–water partition coefficient (Wildman–Crippen LogP) is 3.93. The maximum Gasteiger partial charge on any atom is 0.230 e. The number of hydrogen-bond donors (Lipinski definition) is 1. The Balaban J connectivity index is 1.29. The summed E-state index contributed by atoms with van der Waals surface area (Å²) >= 11 is 7.33. The Bertz CT molecular complexity index is 826. The van der Waals surface area contributed by atoms with Gasteiger partial charge in [-0.05, 0) is 62.3 Å². The van der Waals surface area contributed by atoms with Gasteiger partial charge in [-0.3, -0.25) is 4.79 Å². The van der Waals surface area contributed by atoms with Crippen LogP contribution in [0.5, 0.6) is 5.75 Å². The van der Waals surface area contributed by atoms with Crippen molar-refractivity contribution in [2.24, 2.45) is 11.8 Å². The lowest BCUT2D eigenvalue weighted by Crippen LogP contribution is -2.39. The van der Waals surface area contributed by atoms with Crippen LogP contribution in [0.3, 0.4) is 0 Å². The molecule has 2 aliphatic carbocycles. The highest BCUT2D eigenvalue weighted by molar-refractivity contribution is 7.99. The number of hydrogen-bond acceptors (Lipinski definition) is 5. The summed E-state index contributed by atoms with van der Waals surface area (Å²) in [4.78, 5) is 12.4. The smallest absolute Gasteiger partial charge is 0.230 e. The molecule has 0 saturated heterocycles. The molecule has 2 bridgehead atoms. The van der Waals surface area contributed by atoms with Crippen molar-refractivity contribution < 1.29 is 9.53 Å². The van der Waals surface area contributed by atoms with Crippen LogP contribution < -0.4 is 10.1 Å². The minimum atomic E-state index is 0.0900. The van der Waals surface area contributed by atoms with Gasteiger partial charge in [-0.1, -0.05) is 29.8 Å². The number of halogens is 1. The second-order valence-corrected chi connectivity index (χ2v) is 8.90. The van der Waals surface area contributed by atoms with E-state index >= 15 is 0 Å². The van der Waals surface area contributed by atoms with Crippen LogP contribution >= 0.6 is 23.4 Å². The summed E-state index contributed by atoms with van der Waals surface area (Å²) < 4.78 is 7.77. The number of rotatable bonds is 8. The number of benzene rings is 1. The first-order valence-corrected chi connectivity index (χ1v) is 11.2. The van der Waals surface area contributed by atoms with Crippen LogP contribution in [0.25, 0.3) is 0 Å². The average Bonchev–Trinajstić information content (AvgIpc) is 3.41. The van der Waals surface area contributed by atoms with Gasteiger partial charge in [0.05, 0.1) is 5.75 Å². The number of carbonyl (C=O) groups excluding carboxylic acids is 1. The summed E-state index contributed by atoms with van der Waals surface area (Å²) in [6.45, 7) is 3.08. The van der Waals surface area contributed by atoms with E-state index in [1.165, 1.54) is 31.0 Å². The average molecular weight is 421 g/mol. The van der Waals surface area contributed by atoms with Gasteiger partial charge in [-0.15, -0.1) is 10.2 Å². The number of aromatic nitrogens is 3. The van der Waals surface area contributed by atoms with Gasteiger partial charge in [0.15, 0.2) is 11.0 Å². The first-order valence-electron chi connectivity index (χ1n) is 9.85. The summed E-state index contributed by atoms with van der Waals surface area (Å²) in [5, 5.41) is 13.1. The molecule has 3 atom stereocenters. The molecule has 1 aromatic heterocycles. The molecule has 0 aliphatic heterocycles. The van der Waals surface area contributed by atoms with E-state index in [4.69, 9.17) is 16.3 Å². The lowest BCUT2D eigenvalue weighted by Gasteiger charge is -2.22. The Morgan fingerprint density at radius 1 is 1.29 bits per heavy atom. The normalized spacial score (nSPS) is 23.1. The second kappa shape index (κ2) is 8.74. The maximum atomic E-state index is 12.4. The molecular weight excluding hydrogens is 396 g/mol. The number of nitrogens with zero attached hydrogens (tertiary/aromatic N) is 3. The van der Waals surface area contributed by atoms with Crippen molar-refractivity contribution in [2.75, 3.05) is 5.75 Å². The zero-order chi connectivity index (χ0) is 19.5. The predicted molar refractivity (Wildman–Crippen MR) is 110 cm³/mol. The molecule has 0 radical (unpaired) electrons. The lowest BCUT2D eigenvalue weighted by atomic mass is 9.95. The van der Waals surface area contributed by atoms with E-state index < -0.39 is 0 Å². The van der Waals surface area contributed by atoms with Crippen LogP contribution in [-0.4, -0.2) is 32.5 Å². The number of fused-ring (bicyclic) bond motifs is 2. The Labute approximate surface area is 174 Å². The van der Waals surface area contributed by atoms with Crippen LogP contribution in [0.2, 0.25) is 5.02 Å². The molecule has 4 rings (SSSR count). The topological polar surface area (TPSA) is 69.0 Å². The standard InChI is InChI=1S/C20H25ClN4O2S/c1-2-25-18(11-27-16-7-5-15(21)6-8-16)23-24-20(25)28-12-19(26)22-17-10-13-3-4-14(17)9-13/h5-8,13-14,17H,2-4,9-12H2,1H3,(H,22,26)/t13-,14-,17-/m0/s1. The molecule has 28 heavy (non-hydrogen) atoms. The van der Waals surface area contributed by atoms with Crippen LogP contribution in [0.1, 0.15) is 38.4 Å². The van der Waals surface area contributed by atoms with E-state index in [2.05, 4.69) is 15.5 Å². The van der Waals surface area contributed by atoms with Gasteiger partial charge >= 0.3 is 0 Å². The highest BCUT2D eigenvalue weighted by Gasteiger charge is 2.40. The Morgan fingerprint density at radius 3 is 2.79 bits per heavy atom. The zero-order valence-corrected chi connectivity index (χ0v) is 17.5. The number of carbonyl (C=O) groups is 1. The first-order chi connectivity index (χ1) is 13.6. The molecule has 2 aromatic rings. The fraction of sp³-hybridized carbons (Fsp3) is 0.550. The Hall–Kier alpha value is -1.73. The van der Waals surface area contributed by atoms with Crippen LogP contribution in [0.4, 0.5) is 0 Å². The summed E-state index contributed by atoms with van der Waals surface area (Å²) in [5.41, 5.74) is 0. The van der Waals surface area contributed by atoms with E-state index in [9.17, 15) is 4.79 Å². The largest absolute Gasteiger partial charge is 0.486 e. The van der Waals surface area contributed by atoms with Crippen LogP contribution in [0, 0.1) is 11.8 Å². The third kappa shape index (κ3) is 4.46. The third-order valence-corrected chi connectivity index (χ3v) is 6.93. The third-order valence-electron chi connectivity index (χ3n) is 5.71. The van der Waals surface area contributed by atoms with Gasteiger partial charge in [0.25, 0.3) is 0 Å². The van der Waals surface area contributed by atoms with E-state index in [1.807, 2.05) is 23.6 Å². The maximum absolute atomic E-state index is 12.4. The van der Waals surface area contributed by atoms with E-state index in [-0.39, 0.29) is 5.91 Å². The quantitative estimate of drug-likeness (QED) is 0.655. The van der Waals surface area contributed by atoms with Crippen molar-refractivity contribution in [2.45, 2.75) is 57.0 Å². The van der Waals surface area contributed by atoms with Crippen molar-refractivity contribution in [3.05, 3.63) is 35.1 Å². The highest BCUT2D eigenvalue weighted by Crippen LogP contribution is 2.44. The summed E-state index contributed by atoms with van der Waals surface area (Å²) in [6.07, 6.45) is 5.05. The molecule has 2 fully saturated rings. The monoisotopic (exact) mass is 420 g/mol. The molecule has 8 heteroatoms. The van der Waals surface area contributed by atoms with Gasteiger partial charge in [0, 0.05) is 17.6 Å². The zero-order valence-electron chi connectivity index (χ0n) is 15.9. The second-order valence-electron chi connectivity index (χ2n) is 7.52. The summed E-state index contributed by atoms with van der Waals surface area (Å²) in [5.74, 6) is 3.45. The van der Waals surface area contributed by atoms with Crippen molar-refractivity contribution >= 4 is 29.3 Å². The van der Waals surface area contributed by atoms with Crippen molar-refractivity contribution in [1.29, 1.82) is 0 Å². The number of nitrogens with one attached hydrogen (secondary N) is 1. The van der Waals surface area contributed by atoms with Crippen molar-refractivity contribution in [1.82, 2.24) is 20.1 Å². The number of ether oxygens (including phenoxy) is 1. The molecule has 2 aliphatic rings. The molecule has 150 valence electrons. The fourth-order valence-electron chi connectivity index (χ4n) is 4.33. The summed E-state index contributed by atoms with van der Waals surface area (Å²) in [7, 11) is 0. The minimum absolute atomic E-state index is 0.0900. The molecule has 1 N–H and O–H groups in total. The van der Waals surface area contributed by atoms with Gasteiger partial charge in [0.2, 0.25) is 5.91 Å². The molecule has 2 saturated carbocycles. The van der Waals surface area contributed by atoms with E-state index in [0.717, 1.165) is 35.6 Å². The molecular formula is C20H25ClN4O2S. The minimum Gasteiger partial charge on any atom is -0.486 e. The number of amides is 1. The van der Waals surface area contributed by atoms with Crippen LogP contribution in [0.15, 0.2) is 29.4 Å². The Morgan fingerprint density at radius 2 is 2.11 bits per heavy atom. The molecule has 1 amide bonds. The summed E-state index contributed by atoms with van der Waals surface area (Å²) in [6, 6.07) is 7.60. The molecule has 1 aromatic carbocycles. The first kappa shape index (κ1) is 19.6. The molecule has 0 spiro atoms. The van der Waals surface area contributed by atoms with Gasteiger partial charge < -0.3 is 14.6 Å². The fourth-order valence-corrected chi connectivity index (χ4v) is 5.29. The molecule has 1 heterocycles. The van der Waals surface area contributed by atoms with Crippen molar-refractivity contribution in [3.63, 3.8) is 0 Å². The number of thioether (sulfide) groups is 1. The van der Waals surface area contributed by atoms with E-state index in [1.54, 1.807) is 12.1 Å². The molecule has 6 nitrogen and oxygen atoms in total. The van der Waals surface area contributed by atoms with Crippen LogP contribution in [-0.2, 0) is 17.9 Å². The van der Waals surface area contributed by atoms with Gasteiger partial charge in [-0.2, -0.15) is 0 Å². The lowest BCUT2D eigenvalue weighted by molar-refractivity contribution is -0.119. The van der Waals surface area contributed by atoms with Crippen molar-refractivity contribution in [3.8, 4) is 5.75 Å². The highest BCUT2D eigenvalue weighted by atomic mass is 35.5. The SMILES string of the molecule is CCn1c(COc2ccc(Cl)cc2)nnc1SCC(=O)N[C@H]1C[C@H]2CC[C@H]1C2.